The van der Waals surface area contributed by atoms with E-state index in [1.165, 1.54) is 23.4 Å². The first kappa shape index (κ1) is 9.00. The van der Waals surface area contributed by atoms with E-state index in [-0.39, 0.29) is 0 Å². The quantitative estimate of drug-likeness (QED) is 0.693. The Bertz CT molecular complexity index is 336. The number of nitrogens with zero attached hydrogens (tertiary/aromatic N) is 2. The van der Waals surface area contributed by atoms with Crippen LogP contribution in [0.1, 0.15) is 17.7 Å². The molecule has 0 aromatic carbocycles. The highest BCUT2D eigenvalue weighted by Gasteiger charge is 2.17. The minimum absolute atomic E-state index is 1.11. The summed E-state index contributed by atoms with van der Waals surface area (Å²) in [5.74, 6) is 0. The molecule has 0 spiro atoms. The van der Waals surface area contributed by atoms with Gasteiger partial charge in [-0.25, -0.2) is 0 Å². The van der Waals surface area contributed by atoms with Gasteiger partial charge in [-0.15, -0.1) is 0 Å². The lowest BCUT2D eigenvalue weighted by atomic mass is 10.0. The van der Waals surface area contributed by atoms with Gasteiger partial charge < -0.3 is 4.90 Å². The van der Waals surface area contributed by atoms with Gasteiger partial charge in [-0.3, -0.25) is 4.98 Å². The van der Waals surface area contributed by atoms with Crippen molar-refractivity contribution in [1.29, 1.82) is 0 Å². The van der Waals surface area contributed by atoms with Crippen molar-refractivity contribution in [3.05, 3.63) is 21.9 Å². The molecule has 70 valence electrons. The molecular weight excluding hydrogens is 228 g/mol. The van der Waals surface area contributed by atoms with Crippen LogP contribution in [0.3, 0.4) is 0 Å². The minimum atomic E-state index is 1.11. The number of pyridine rings is 1. The average Bonchev–Trinajstić information content (AvgIpc) is 2.12. The maximum atomic E-state index is 4.44. The highest BCUT2D eigenvalue weighted by Crippen LogP contribution is 2.31. The first-order chi connectivity index (χ1) is 6.20. The van der Waals surface area contributed by atoms with Gasteiger partial charge in [-0.2, -0.15) is 0 Å². The second-order valence-corrected chi connectivity index (χ2v) is 4.41. The minimum Gasteiger partial charge on any atom is -0.373 e. The van der Waals surface area contributed by atoms with E-state index < -0.39 is 0 Å². The smallest absolute Gasteiger partial charge is 0.0640 e. The lowest BCUT2D eigenvalue weighted by Gasteiger charge is -2.28. The number of fused-ring (bicyclic) bond motifs is 1. The van der Waals surface area contributed by atoms with Crippen molar-refractivity contribution in [1.82, 2.24) is 4.98 Å². The standard InChI is InChI=1S/C10H13BrN2/c1-7-8(11)6-12-9-4-3-5-13(2)10(7)9/h6H,3-5H2,1-2H3. The third-order valence-electron chi connectivity index (χ3n) is 2.61. The van der Waals surface area contributed by atoms with Crippen LogP contribution < -0.4 is 4.90 Å². The van der Waals surface area contributed by atoms with Gasteiger partial charge in [0.25, 0.3) is 0 Å². The summed E-state index contributed by atoms with van der Waals surface area (Å²) in [6.07, 6.45) is 4.25. The van der Waals surface area contributed by atoms with Crippen LogP contribution in [-0.4, -0.2) is 18.6 Å². The molecule has 1 aliphatic heterocycles. The molecule has 0 bridgehead atoms. The van der Waals surface area contributed by atoms with Crippen molar-refractivity contribution >= 4 is 21.6 Å². The summed E-state index contributed by atoms with van der Waals surface area (Å²) in [6.45, 7) is 3.29. The Morgan fingerprint density at radius 2 is 2.31 bits per heavy atom. The Balaban J connectivity index is 2.58. The van der Waals surface area contributed by atoms with E-state index in [0.717, 1.165) is 17.4 Å². The number of aryl methyl sites for hydroxylation is 1. The van der Waals surface area contributed by atoms with Crippen LogP contribution in [0.25, 0.3) is 0 Å². The summed E-state index contributed by atoms with van der Waals surface area (Å²) in [6, 6.07) is 0. The molecule has 2 nitrogen and oxygen atoms in total. The fourth-order valence-corrected chi connectivity index (χ4v) is 2.20. The van der Waals surface area contributed by atoms with E-state index in [4.69, 9.17) is 0 Å². The van der Waals surface area contributed by atoms with Crippen molar-refractivity contribution in [2.45, 2.75) is 19.8 Å². The number of aromatic nitrogens is 1. The van der Waals surface area contributed by atoms with Gasteiger partial charge in [-0.1, -0.05) is 0 Å². The van der Waals surface area contributed by atoms with Gasteiger partial charge in [0.05, 0.1) is 11.4 Å². The molecule has 1 aromatic rings. The van der Waals surface area contributed by atoms with Crippen LogP contribution in [0.15, 0.2) is 10.7 Å². The molecule has 3 heteroatoms. The second kappa shape index (κ2) is 3.29. The lowest BCUT2D eigenvalue weighted by molar-refractivity contribution is 0.721. The molecular formula is C10H13BrN2. The largest absolute Gasteiger partial charge is 0.373 e. The predicted octanol–water partition coefficient (Wildman–Crippen LogP) is 2.53. The first-order valence-electron chi connectivity index (χ1n) is 4.55. The molecule has 2 heterocycles. The highest BCUT2D eigenvalue weighted by molar-refractivity contribution is 9.10. The van der Waals surface area contributed by atoms with Crippen molar-refractivity contribution in [3.63, 3.8) is 0 Å². The van der Waals surface area contributed by atoms with Crippen LogP contribution in [0, 0.1) is 6.92 Å². The molecule has 0 amide bonds. The lowest BCUT2D eigenvalue weighted by Crippen LogP contribution is -2.26. The van der Waals surface area contributed by atoms with Crippen molar-refractivity contribution in [3.8, 4) is 0 Å². The SMILES string of the molecule is Cc1c(Br)cnc2c1N(C)CCC2. The first-order valence-corrected chi connectivity index (χ1v) is 5.34. The Hall–Kier alpha value is -0.570. The normalized spacial score (nSPS) is 15.8. The van der Waals surface area contributed by atoms with E-state index in [1.54, 1.807) is 0 Å². The molecule has 0 radical (unpaired) electrons. The molecule has 0 fully saturated rings. The van der Waals surface area contributed by atoms with Crippen molar-refractivity contribution in [2.75, 3.05) is 18.5 Å². The molecule has 0 atom stereocenters. The topological polar surface area (TPSA) is 16.1 Å². The Labute approximate surface area is 87.1 Å². The van der Waals surface area contributed by atoms with Gasteiger partial charge in [0.1, 0.15) is 0 Å². The van der Waals surface area contributed by atoms with E-state index in [0.29, 0.717) is 0 Å². The van der Waals surface area contributed by atoms with Crippen LogP contribution in [-0.2, 0) is 6.42 Å². The molecule has 0 unspecified atom stereocenters. The van der Waals surface area contributed by atoms with Gasteiger partial charge in [0.2, 0.25) is 0 Å². The highest BCUT2D eigenvalue weighted by atomic mass is 79.9. The summed E-state index contributed by atoms with van der Waals surface area (Å²) < 4.78 is 1.11. The van der Waals surface area contributed by atoms with Gasteiger partial charge >= 0.3 is 0 Å². The van der Waals surface area contributed by atoms with Crippen LogP contribution in [0.2, 0.25) is 0 Å². The molecule has 0 N–H and O–H groups in total. The molecule has 1 aliphatic rings. The second-order valence-electron chi connectivity index (χ2n) is 3.55. The summed E-state index contributed by atoms with van der Waals surface area (Å²) in [5.41, 5.74) is 3.88. The fourth-order valence-electron chi connectivity index (χ4n) is 1.91. The van der Waals surface area contributed by atoms with E-state index in [9.17, 15) is 0 Å². The molecule has 1 aromatic heterocycles. The zero-order valence-corrected chi connectivity index (χ0v) is 9.56. The predicted molar refractivity (Wildman–Crippen MR) is 58.3 cm³/mol. The maximum Gasteiger partial charge on any atom is 0.0640 e. The maximum absolute atomic E-state index is 4.44. The Morgan fingerprint density at radius 3 is 3.08 bits per heavy atom. The number of hydrogen-bond acceptors (Lipinski definition) is 2. The monoisotopic (exact) mass is 240 g/mol. The van der Waals surface area contributed by atoms with Gasteiger partial charge in [0, 0.05) is 24.3 Å². The van der Waals surface area contributed by atoms with Gasteiger partial charge in [0.15, 0.2) is 0 Å². The summed E-state index contributed by atoms with van der Waals surface area (Å²) in [7, 11) is 2.14. The van der Waals surface area contributed by atoms with E-state index in [2.05, 4.69) is 39.8 Å². The molecule has 0 saturated carbocycles. The number of hydrogen-bond donors (Lipinski definition) is 0. The molecule has 0 aliphatic carbocycles. The number of anilines is 1. The molecule has 13 heavy (non-hydrogen) atoms. The third-order valence-corrected chi connectivity index (χ3v) is 3.41. The Kier molecular flexibility index (Phi) is 2.28. The van der Waals surface area contributed by atoms with E-state index >= 15 is 0 Å². The number of rotatable bonds is 0. The number of halogens is 1. The summed E-state index contributed by atoms with van der Waals surface area (Å²) in [4.78, 5) is 6.74. The van der Waals surface area contributed by atoms with Crippen LogP contribution in [0.5, 0.6) is 0 Å². The fraction of sp³-hybridized carbons (Fsp3) is 0.500. The van der Waals surface area contributed by atoms with Crippen LogP contribution in [0.4, 0.5) is 5.69 Å². The van der Waals surface area contributed by atoms with Crippen molar-refractivity contribution in [2.24, 2.45) is 0 Å². The van der Waals surface area contributed by atoms with Crippen molar-refractivity contribution < 1.29 is 0 Å². The average molecular weight is 241 g/mol. The summed E-state index contributed by atoms with van der Waals surface area (Å²) >= 11 is 3.51. The van der Waals surface area contributed by atoms with E-state index in [1.807, 2.05) is 6.20 Å². The zero-order chi connectivity index (χ0) is 9.42. The van der Waals surface area contributed by atoms with Crippen LogP contribution >= 0.6 is 15.9 Å². The summed E-state index contributed by atoms with van der Waals surface area (Å²) in [5, 5.41) is 0. The molecule has 0 saturated heterocycles. The molecule has 2 rings (SSSR count). The zero-order valence-electron chi connectivity index (χ0n) is 7.97. The van der Waals surface area contributed by atoms with Gasteiger partial charge in [-0.05, 0) is 41.3 Å². The third kappa shape index (κ3) is 1.46. The Morgan fingerprint density at radius 1 is 1.54 bits per heavy atom.